The highest BCUT2D eigenvalue weighted by molar-refractivity contribution is 6.74. The lowest BCUT2D eigenvalue weighted by molar-refractivity contribution is 0.166. The number of aliphatic hydroxyl groups excluding tert-OH is 1. The summed E-state index contributed by atoms with van der Waals surface area (Å²) in [6, 6.07) is 0. The molecule has 0 saturated heterocycles. The summed E-state index contributed by atoms with van der Waals surface area (Å²) in [6.07, 6.45) is 13.9. The lowest BCUT2D eigenvalue weighted by atomic mass is 10.0. The smallest absolute Gasteiger partial charge is 0.192 e. The SMILES string of the molecule is CCCCC[C@H](O)C=C[C@@H]1C=CC[C@H]1O[Si](C)(C)C(C)(C)C. The molecule has 1 N–H and O–H groups in total. The van der Waals surface area contributed by atoms with Gasteiger partial charge in [0.05, 0.1) is 12.2 Å². The molecular formula is C19H36O2Si. The molecule has 22 heavy (non-hydrogen) atoms. The van der Waals surface area contributed by atoms with E-state index in [9.17, 15) is 5.11 Å². The Morgan fingerprint density at radius 2 is 2.00 bits per heavy atom. The van der Waals surface area contributed by atoms with Gasteiger partial charge in [-0.3, -0.25) is 0 Å². The summed E-state index contributed by atoms with van der Waals surface area (Å²) in [7, 11) is -1.73. The van der Waals surface area contributed by atoms with E-state index in [-0.39, 0.29) is 17.2 Å². The number of unbranched alkanes of at least 4 members (excludes halogenated alkanes) is 2. The van der Waals surface area contributed by atoms with Crippen LogP contribution in [0.1, 0.15) is 59.8 Å². The normalized spacial score (nSPS) is 24.3. The van der Waals surface area contributed by atoms with Crippen molar-refractivity contribution in [2.45, 2.75) is 90.1 Å². The van der Waals surface area contributed by atoms with Crippen LogP contribution in [-0.4, -0.2) is 25.6 Å². The van der Waals surface area contributed by atoms with Crippen LogP contribution in [0.2, 0.25) is 18.1 Å². The van der Waals surface area contributed by atoms with Crippen molar-refractivity contribution in [2.24, 2.45) is 5.92 Å². The molecule has 0 heterocycles. The van der Waals surface area contributed by atoms with Crippen LogP contribution in [0.3, 0.4) is 0 Å². The Morgan fingerprint density at radius 1 is 1.32 bits per heavy atom. The van der Waals surface area contributed by atoms with Crippen molar-refractivity contribution >= 4 is 8.32 Å². The van der Waals surface area contributed by atoms with Crippen molar-refractivity contribution < 1.29 is 9.53 Å². The molecule has 2 nitrogen and oxygen atoms in total. The third-order valence-corrected chi connectivity index (χ3v) is 9.57. The zero-order valence-corrected chi connectivity index (χ0v) is 16.4. The highest BCUT2D eigenvalue weighted by Crippen LogP contribution is 2.39. The molecule has 1 rings (SSSR count). The maximum Gasteiger partial charge on any atom is 0.192 e. The molecular weight excluding hydrogens is 288 g/mol. The molecule has 0 radical (unpaired) electrons. The number of rotatable bonds is 8. The third kappa shape index (κ3) is 6.02. The average Bonchev–Trinajstić information content (AvgIpc) is 2.82. The monoisotopic (exact) mass is 324 g/mol. The molecule has 0 unspecified atom stereocenters. The van der Waals surface area contributed by atoms with Crippen molar-refractivity contribution in [3.63, 3.8) is 0 Å². The summed E-state index contributed by atoms with van der Waals surface area (Å²) >= 11 is 0. The van der Waals surface area contributed by atoms with Crippen molar-refractivity contribution in [3.05, 3.63) is 24.3 Å². The van der Waals surface area contributed by atoms with Crippen LogP contribution in [0.5, 0.6) is 0 Å². The van der Waals surface area contributed by atoms with E-state index in [0.29, 0.717) is 5.92 Å². The molecule has 0 aromatic heterocycles. The zero-order valence-electron chi connectivity index (χ0n) is 15.4. The van der Waals surface area contributed by atoms with E-state index in [4.69, 9.17) is 4.43 Å². The van der Waals surface area contributed by atoms with Gasteiger partial charge in [0.2, 0.25) is 0 Å². The molecule has 0 bridgehead atoms. The first-order valence-electron chi connectivity index (χ1n) is 8.88. The van der Waals surface area contributed by atoms with Crippen molar-refractivity contribution in [3.8, 4) is 0 Å². The van der Waals surface area contributed by atoms with Gasteiger partial charge in [0, 0.05) is 5.92 Å². The molecule has 3 heteroatoms. The highest BCUT2D eigenvalue weighted by Gasteiger charge is 2.40. The van der Waals surface area contributed by atoms with Gasteiger partial charge in [0.1, 0.15) is 0 Å². The molecule has 128 valence electrons. The van der Waals surface area contributed by atoms with Crippen LogP contribution in [0.4, 0.5) is 0 Å². The molecule has 0 spiro atoms. The lowest BCUT2D eigenvalue weighted by Gasteiger charge is -2.39. The van der Waals surface area contributed by atoms with E-state index in [1.807, 2.05) is 6.08 Å². The van der Waals surface area contributed by atoms with Gasteiger partial charge in [0.25, 0.3) is 0 Å². The van der Waals surface area contributed by atoms with Gasteiger partial charge in [-0.1, -0.05) is 71.3 Å². The first kappa shape index (κ1) is 19.7. The second kappa shape index (κ2) is 8.46. The largest absolute Gasteiger partial charge is 0.413 e. The van der Waals surface area contributed by atoms with Crippen molar-refractivity contribution in [1.29, 1.82) is 0 Å². The van der Waals surface area contributed by atoms with E-state index in [0.717, 1.165) is 19.3 Å². The van der Waals surface area contributed by atoms with Crippen LogP contribution in [0.15, 0.2) is 24.3 Å². The molecule has 1 aliphatic carbocycles. The van der Waals surface area contributed by atoms with E-state index >= 15 is 0 Å². The van der Waals surface area contributed by atoms with E-state index in [1.54, 1.807) is 0 Å². The minimum Gasteiger partial charge on any atom is -0.413 e. The Balaban J connectivity index is 2.54. The topological polar surface area (TPSA) is 29.5 Å². The second-order valence-corrected chi connectivity index (χ2v) is 12.9. The van der Waals surface area contributed by atoms with E-state index in [2.05, 4.69) is 59.0 Å². The van der Waals surface area contributed by atoms with Crippen molar-refractivity contribution in [1.82, 2.24) is 0 Å². The summed E-state index contributed by atoms with van der Waals surface area (Å²) < 4.78 is 6.55. The maximum atomic E-state index is 10.0. The first-order valence-corrected chi connectivity index (χ1v) is 11.8. The number of hydrogen-bond acceptors (Lipinski definition) is 2. The quantitative estimate of drug-likeness (QED) is 0.365. The fraction of sp³-hybridized carbons (Fsp3) is 0.789. The van der Waals surface area contributed by atoms with Crippen LogP contribution in [0, 0.1) is 5.92 Å². The molecule has 1 aliphatic rings. The van der Waals surface area contributed by atoms with E-state index < -0.39 is 8.32 Å². The van der Waals surface area contributed by atoms with Gasteiger partial charge < -0.3 is 9.53 Å². The highest BCUT2D eigenvalue weighted by atomic mass is 28.4. The standard InChI is InChI=1S/C19H36O2Si/c1-7-8-9-12-17(20)15-14-16-11-10-13-18(16)21-22(5,6)19(2,3)4/h10-11,14-18,20H,7-9,12-13H2,1-6H3/t16-,17-,18+/m0/s1. The Kier molecular flexibility index (Phi) is 7.56. The molecule has 0 amide bonds. The molecule has 0 aromatic carbocycles. The second-order valence-electron chi connectivity index (χ2n) is 8.11. The lowest BCUT2D eigenvalue weighted by Crippen LogP contribution is -2.44. The fourth-order valence-corrected chi connectivity index (χ4v) is 3.84. The van der Waals surface area contributed by atoms with Gasteiger partial charge in [0.15, 0.2) is 8.32 Å². The van der Waals surface area contributed by atoms with Gasteiger partial charge in [-0.2, -0.15) is 0 Å². The van der Waals surface area contributed by atoms with Crippen molar-refractivity contribution in [2.75, 3.05) is 0 Å². The third-order valence-electron chi connectivity index (χ3n) is 5.07. The Labute approximate surface area is 138 Å². The minimum atomic E-state index is -1.73. The van der Waals surface area contributed by atoms with E-state index in [1.165, 1.54) is 12.8 Å². The van der Waals surface area contributed by atoms with Gasteiger partial charge in [-0.05, 0) is 31.0 Å². The summed E-state index contributed by atoms with van der Waals surface area (Å²) in [5.74, 6) is 0.315. The molecule has 3 atom stereocenters. The number of aliphatic hydroxyl groups is 1. The predicted octanol–water partition coefficient (Wildman–Crippen LogP) is 5.45. The molecule has 0 fully saturated rings. The fourth-order valence-electron chi connectivity index (χ4n) is 2.48. The zero-order chi connectivity index (χ0) is 16.8. The molecule has 0 aromatic rings. The summed E-state index contributed by atoms with van der Waals surface area (Å²) in [4.78, 5) is 0. The van der Waals surface area contributed by atoms with Gasteiger partial charge in [-0.15, -0.1) is 0 Å². The van der Waals surface area contributed by atoms with Gasteiger partial charge >= 0.3 is 0 Å². The Morgan fingerprint density at radius 3 is 2.59 bits per heavy atom. The van der Waals surface area contributed by atoms with Gasteiger partial charge in [-0.25, -0.2) is 0 Å². The van der Waals surface area contributed by atoms with Crippen LogP contribution in [-0.2, 0) is 4.43 Å². The molecule has 0 saturated carbocycles. The van der Waals surface area contributed by atoms with Crippen LogP contribution in [0.25, 0.3) is 0 Å². The first-order chi connectivity index (χ1) is 10.2. The summed E-state index contributed by atoms with van der Waals surface area (Å²) in [5.41, 5.74) is 0. The minimum absolute atomic E-state index is 0.240. The predicted molar refractivity (Wildman–Crippen MR) is 98.6 cm³/mol. The molecule has 0 aliphatic heterocycles. The Bertz CT molecular complexity index is 379. The van der Waals surface area contributed by atoms with Crippen LogP contribution >= 0.6 is 0 Å². The maximum absolute atomic E-state index is 10.0. The Hall–Kier alpha value is -0.383. The average molecular weight is 325 g/mol. The summed E-state index contributed by atoms with van der Waals surface area (Å²) in [5, 5.41) is 10.3. The number of hydrogen-bond donors (Lipinski definition) is 1. The summed E-state index contributed by atoms with van der Waals surface area (Å²) in [6.45, 7) is 13.7. The van der Waals surface area contributed by atoms with Crippen LogP contribution < -0.4 is 0 Å².